The van der Waals surface area contributed by atoms with E-state index < -0.39 is 21.9 Å². The lowest BCUT2D eigenvalue weighted by Gasteiger charge is -2.09. The fraction of sp³-hybridized carbons (Fsp3) is 0.167. The average molecular weight is 482 g/mol. The molecule has 34 heavy (non-hydrogen) atoms. The first kappa shape index (κ1) is 24.6. The second-order valence-corrected chi connectivity index (χ2v) is 8.92. The molecule has 0 bridgehead atoms. The number of amides is 2. The highest BCUT2D eigenvalue weighted by Gasteiger charge is 2.20. The Bertz CT molecular complexity index is 1260. The van der Waals surface area contributed by atoms with Gasteiger partial charge >= 0.3 is 5.97 Å². The molecule has 0 saturated carbocycles. The molecular weight excluding hydrogens is 458 g/mol. The number of carbonyl (C=O) groups is 3. The first-order valence-electron chi connectivity index (χ1n) is 10.4. The monoisotopic (exact) mass is 481 g/mol. The Hall–Kier alpha value is -4.05. The summed E-state index contributed by atoms with van der Waals surface area (Å²) in [6.07, 6.45) is 1.93. The van der Waals surface area contributed by atoms with Crippen molar-refractivity contribution in [3.05, 3.63) is 89.7 Å². The lowest BCUT2D eigenvalue weighted by molar-refractivity contribution is -0.115. The van der Waals surface area contributed by atoms with Crippen LogP contribution < -0.4 is 10.0 Å². The van der Waals surface area contributed by atoms with E-state index in [1.54, 1.807) is 0 Å². The van der Waals surface area contributed by atoms with Gasteiger partial charge in [-0.3, -0.25) is 9.59 Å². The van der Waals surface area contributed by atoms with Gasteiger partial charge in [-0.2, -0.15) is 0 Å². The van der Waals surface area contributed by atoms with E-state index in [0.29, 0.717) is 12.1 Å². The van der Waals surface area contributed by atoms with Crippen LogP contribution >= 0.6 is 0 Å². The number of sulfonamides is 1. The van der Waals surface area contributed by atoms with Crippen molar-refractivity contribution in [2.75, 3.05) is 11.9 Å². The summed E-state index contributed by atoms with van der Waals surface area (Å²) in [5, 5.41) is 2.70. The Labute approximate surface area is 197 Å². The van der Waals surface area contributed by atoms with E-state index in [1.165, 1.54) is 36.4 Å². The molecule has 2 aromatic carbocycles. The molecule has 3 aromatic rings. The van der Waals surface area contributed by atoms with Crippen molar-refractivity contribution < 1.29 is 27.5 Å². The van der Waals surface area contributed by atoms with Crippen molar-refractivity contribution >= 4 is 33.5 Å². The van der Waals surface area contributed by atoms with Crippen LogP contribution in [-0.2, 0) is 26.0 Å². The fourth-order valence-electron chi connectivity index (χ4n) is 2.86. The SMILES string of the molecule is CCCOC(=O)c1ccc(C(=O)NS(=O)(=O)c2ccc(NC(=O)Cc3ccccc3)cc2)cn1. The molecule has 0 aliphatic carbocycles. The van der Waals surface area contributed by atoms with Gasteiger partial charge in [-0.1, -0.05) is 37.3 Å². The number of hydrogen-bond donors (Lipinski definition) is 2. The lowest BCUT2D eigenvalue weighted by atomic mass is 10.1. The second-order valence-electron chi connectivity index (χ2n) is 7.24. The van der Waals surface area contributed by atoms with E-state index in [9.17, 15) is 22.8 Å². The first-order valence-corrected chi connectivity index (χ1v) is 11.9. The lowest BCUT2D eigenvalue weighted by Crippen LogP contribution is -2.30. The summed E-state index contributed by atoms with van der Waals surface area (Å²) in [4.78, 5) is 40.0. The molecule has 2 N–H and O–H groups in total. The van der Waals surface area contributed by atoms with Crippen LogP contribution in [0.2, 0.25) is 0 Å². The number of aromatic nitrogens is 1. The number of rotatable bonds is 9. The van der Waals surface area contributed by atoms with E-state index in [4.69, 9.17) is 4.74 Å². The minimum atomic E-state index is -4.17. The van der Waals surface area contributed by atoms with Crippen LogP contribution in [0.25, 0.3) is 0 Å². The summed E-state index contributed by atoms with van der Waals surface area (Å²) in [5.41, 5.74) is 1.24. The molecule has 0 radical (unpaired) electrons. The smallest absolute Gasteiger partial charge is 0.356 e. The number of nitrogens with one attached hydrogen (secondary N) is 2. The van der Waals surface area contributed by atoms with Crippen LogP contribution in [0, 0.1) is 0 Å². The van der Waals surface area contributed by atoms with Gasteiger partial charge in [0.05, 0.1) is 23.5 Å². The first-order chi connectivity index (χ1) is 16.3. The molecule has 0 spiro atoms. The Morgan fingerprint density at radius 3 is 2.26 bits per heavy atom. The maximum absolute atomic E-state index is 12.6. The minimum Gasteiger partial charge on any atom is -0.461 e. The molecule has 0 aliphatic rings. The topological polar surface area (TPSA) is 132 Å². The summed E-state index contributed by atoms with van der Waals surface area (Å²) in [6, 6.07) is 17.2. The van der Waals surface area contributed by atoms with E-state index >= 15 is 0 Å². The van der Waals surface area contributed by atoms with Crippen molar-refractivity contribution in [3.63, 3.8) is 0 Å². The normalized spacial score (nSPS) is 10.9. The minimum absolute atomic E-state index is 0.0118. The number of ether oxygens (including phenoxy) is 1. The van der Waals surface area contributed by atoms with E-state index in [-0.39, 0.29) is 35.1 Å². The molecule has 1 heterocycles. The maximum Gasteiger partial charge on any atom is 0.356 e. The van der Waals surface area contributed by atoms with E-state index in [2.05, 4.69) is 10.3 Å². The average Bonchev–Trinajstić information content (AvgIpc) is 2.83. The zero-order valence-corrected chi connectivity index (χ0v) is 19.2. The van der Waals surface area contributed by atoms with Gasteiger partial charge in [-0.15, -0.1) is 0 Å². The van der Waals surface area contributed by atoms with Crippen LogP contribution in [0.3, 0.4) is 0 Å². The fourth-order valence-corrected chi connectivity index (χ4v) is 3.84. The Kier molecular flexibility index (Phi) is 8.10. The van der Waals surface area contributed by atoms with Crippen LogP contribution in [0.1, 0.15) is 39.8 Å². The predicted octanol–water partition coefficient (Wildman–Crippen LogP) is 2.95. The Morgan fingerprint density at radius 2 is 1.65 bits per heavy atom. The molecular formula is C24H23N3O6S. The third kappa shape index (κ3) is 6.72. The third-order valence-electron chi connectivity index (χ3n) is 4.56. The summed E-state index contributed by atoms with van der Waals surface area (Å²) in [7, 11) is -4.17. The molecule has 0 atom stereocenters. The molecule has 10 heteroatoms. The highest BCUT2D eigenvalue weighted by Crippen LogP contribution is 2.15. The Balaban J connectivity index is 1.60. The van der Waals surface area contributed by atoms with Crippen LogP contribution in [0.5, 0.6) is 0 Å². The number of carbonyl (C=O) groups excluding carboxylic acids is 3. The summed E-state index contributed by atoms with van der Waals surface area (Å²) >= 11 is 0. The standard InChI is InChI=1S/C24H23N3O6S/c1-2-14-33-24(30)21-13-8-18(16-25-21)23(29)27-34(31,32)20-11-9-19(10-12-20)26-22(28)15-17-6-4-3-5-7-17/h3-13,16H,2,14-15H2,1H3,(H,26,28)(H,27,29). The van der Waals surface area contributed by atoms with Crippen LogP contribution in [-0.4, -0.2) is 37.8 Å². The number of nitrogens with zero attached hydrogens (tertiary/aromatic N) is 1. The molecule has 176 valence electrons. The molecule has 0 fully saturated rings. The molecule has 2 amide bonds. The van der Waals surface area contributed by atoms with Crippen molar-refractivity contribution in [2.24, 2.45) is 0 Å². The molecule has 0 aliphatic heterocycles. The zero-order valence-electron chi connectivity index (χ0n) is 18.4. The maximum atomic E-state index is 12.6. The molecule has 9 nitrogen and oxygen atoms in total. The van der Waals surface area contributed by atoms with E-state index in [1.807, 2.05) is 42.0 Å². The van der Waals surface area contributed by atoms with Gasteiger partial charge in [0, 0.05) is 11.9 Å². The second kappa shape index (κ2) is 11.2. The molecule has 0 saturated heterocycles. The summed E-state index contributed by atoms with van der Waals surface area (Å²) < 4.78 is 32.1. The van der Waals surface area contributed by atoms with Gasteiger partial charge in [-0.05, 0) is 48.4 Å². The number of hydrogen-bond acceptors (Lipinski definition) is 7. The van der Waals surface area contributed by atoms with Crippen LogP contribution in [0.15, 0.2) is 77.8 Å². The summed E-state index contributed by atoms with van der Waals surface area (Å²) in [5.74, 6) is -1.77. The van der Waals surface area contributed by atoms with Gasteiger partial charge in [0.15, 0.2) is 0 Å². The number of anilines is 1. The predicted molar refractivity (Wildman–Crippen MR) is 125 cm³/mol. The van der Waals surface area contributed by atoms with Gasteiger partial charge in [-0.25, -0.2) is 22.9 Å². The van der Waals surface area contributed by atoms with Crippen molar-refractivity contribution in [1.29, 1.82) is 0 Å². The van der Waals surface area contributed by atoms with Gasteiger partial charge < -0.3 is 10.1 Å². The van der Waals surface area contributed by atoms with Gasteiger partial charge in [0.25, 0.3) is 15.9 Å². The van der Waals surface area contributed by atoms with Crippen LogP contribution in [0.4, 0.5) is 5.69 Å². The highest BCUT2D eigenvalue weighted by molar-refractivity contribution is 7.90. The third-order valence-corrected chi connectivity index (χ3v) is 5.90. The van der Waals surface area contributed by atoms with Gasteiger partial charge in [0.2, 0.25) is 5.91 Å². The largest absolute Gasteiger partial charge is 0.461 e. The highest BCUT2D eigenvalue weighted by atomic mass is 32.2. The number of pyridine rings is 1. The quantitative estimate of drug-likeness (QED) is 0.449. The number of esters is 1. The molecule has 1 aromatic heterocycles. The summed E-state index contributed by atoms with van der Waals surface area (Å²) in [6.45, 7) is 2.10. The van der Waals surface area contributed by atoms with Crippen molar-refractivity contribution in [3.8, 4) is 0 Å². The van der Waals surface area contributed by atoms with Gasteiger partial charge in [0.1, 0.15) is 5.69 Å². The number of benzene rings is 2. The van der Waals surface area contributed by atoms with Crippen molar-refractivity contribution in [2.45, 2.75) is 24.7 Å². The molecule has 3 rings (SSSR count). The Morgan fingerprint density at radius 1 is 0.941 bits per heavy atom. The zero-order chi connectivity index (χ0) is 24.6. The molecule has 0 unspecified atom stereocenters. The van der Waals surface area contributed by atoms with Crippen molar-refractivity contribution in [1.82, 2.24) is 9.71 Å². The van der Waals surface area contributed by atoms with E-state index in [0.717, 1.165) is 11.8 Å².